The summed E-state index contributed by atoms with van der Waals surface area (Å²) in [4.78, 5) is 35.4. The number of likely N-dealkylation sites (N-methyl/N-ethyl adjacent to an activating group) is 1. The summed E-state index contributed by atoms with van der Waals surface area (Å²) in [5.41, 5.74) is 0. The second-order valence-corrected chi connectivity index (χ2v) is 17.9. The van der Waals surface area contributed by atoms with Gasteiger partial charge >= 0.3 is 19.8 Å². The van der Waals surface area contributed by atoms with Gasteiger partial charge in [-0.15, -0.1) is 0 Å². The number of ether oxygens (including phenoxy) is 3. The van der Waals surface area contributed by atoms with Crippen molar-refractivity contribution >= 4 is 19.8 Å². The van der Waals surface area contributed by atoms with Crippen LogP contribution in [0.4, 0.5) is 0 Å². The van der Waals surface area contributed by atoms with Crippen molar-refractivity contribution in [3.8, 4) is 0 Å². The van der Waals surface area contributed by atoms with Crippen LogP contribution in [-0.2, 0) is 37.4 Å². The Labute approximate surface area is 348 Å². The van der Waals surface area contributed by atoms with Gasteiger partial charge in [-0.3, -0.25) is 18.6 Å². The molecule has 0 aliphatic carbocycles. The Kier molecular flexibility index (Phi) is 32.3. The minimum atomic E-state index is -4.40. The molecule has 0 spiro atoms. The van der Waals surface area contributed by atoms with Gasteiger partial charge in [0.2, 0.25) is 0 Å². The Morgan fingerprint density at radius 1 is 0.649 bits per heavy atom. The molecule has 0 bridgehead atoms. The Bertz CT molecular complexity index is 1180. The molecule has 0 saturated carbocycles. The highest BCUT2D eigenvalue weighted by molar-refractivity contribution is 7.47. The Morgan fingerprint density at radius 3 is 1.84 bits per heavy atom. The first-order valence-corrected chi connectivity index (χ1v) is 24.0. The fraction of sp³-hybridized carbons (Fsp3) is 0.783. The van der Waals surface area contributed by atoms with E-state index in [1.165, 1.54) is 64.2 Å². The van der Waals surface area contributed by atoms with Crippen LogP contribution in [0.2, 0.25) is 0 Å². The number of carbonyl (C=O) groups excluding carboxylic acids is 2. The molecular weight excluding hydrogens is 741 g/mol. The second kappa shape index (κ2) is 34.8. The highest BCUT2D eigenvalue weighted by Crippen LogP contribution is 2.43. The van der Waals surface area contributed by atoms with E-state index in [4.69, 9.17) is 23.3 Å². The number of phosphoric ester groups is 1. The SMILES string of the molecule is CCCCCCCC/C=C\C/C=C\C/C=C\CCCC(=O)O[C@H](COC(=O)CCCCCCC/C=C\CC1OC1CCCCC)COP(=O)(O)OCC[N+](C)(C)C. The van der Waals surface area contributed by atoms with Gasteiger partial charge in [0.1, 0.15) is 19.8 Å². The molecule has 1 fully saturated rings. The van der Waals surface area contributed by atoms with Gasteiger partial charge in [-0.1, -0.05) is 133 Å². The third-order valence-electron chi connectivity index (χ3n) is 9.76. The Morgan fingerprint density at radius 2 is 1.19 bits per heavy atom. The van der Waals surface area contributed by atoms with Gasteiger partial charge in [0, 0.05) is 12.8 Å². The zero-order valence-corrected chi connectivity index (χ0v) is 37.7. The van der Waals surface area contributed by atoms with Crippen molar-refractivity contribution in [1.29, 1.82) is 0 Å². The molecular formula is C46H83NO9P+. The van der Waals surface area contributed by atoms with E-state index >= 15 is 0 Å². The van der Waals surface area contributed by atoms with E-state index in [-0.39, 0.29) is 26.1 Å². The lowest BCUT2D eigenvalue weighted by atomic mass is 10.1. The number of rotatable bonds is 39. The van der Waals surface area contributed by atoms with Crippen LogP contribution in [0, 0.1) is 0 Å². The summed E-state index contributed by atoms with van der Waals surface area (Å²) in [6.07, 6.45) is 41.9. The minimum Gasteiger partial charge on any atom is -0.462 e. The Balaban J connectivity index is 2.32. The van der Waals surface area contributed by atoms with Gasteiger partial charge in [-0.05, 0) is 70.6 Å². The number of unbranched alkanes of at least 4 members (excludes halogenated alkanes) is 14. The standard InChI is InChI=1S/C46H82NO9P/c1-6-8-10-11-12-13-14-15-16-17-18-19-20-21-26-29-33-37-46(49)55-42(41-54-57(50,51)53-39-38-47(3,4)5)40-52-45(48)36-32-28-25-23-22-24-27-31-35-44-43(56-44)34-30-9-7-2/h15-16,18-19,21,26-27,31,42-44H,6-14,17,20,22-25,28-30,32-41H2,1-5H3/p+1/b16-15-,19-18-,26-21-,31-27-/t42-,43?,44?/m1/s1. The van der Waals surface area contributed by atoms with Crippen LogP contribution < -0.4 is 0 Å². The van der Waals surface area contributed by atoms with Crippen molar-refractivity contribution in [2.24, 2.45) is 0 Å². The molecule has 1 aliphatic rings. The highest BCUT2D eigenvalue weighted by atomic mass is 31.2. The van der Waals surface area contributed by atoms with Gasteiger partial charge in [0.25, 0.3) is 0 Å². The number of phosphoric acid groups is 1. The van der Waals surface area contributed by atoms with E-state index in [9.17, 15) is 19.0 Å². The number of carbonyl (C=O) groups is 2. The molecule has 1 saturated heterocycles. The maximum atomic E-state index is 12.7. The summed E-state index contributed by atoms with van der Waals surface area (Å²) >= 11 is 0. The van der Waals surface area contributed by atoms with Crippen molar-refractivity contribution in [2.45, 2.75) is 186 Å². The molecule has 1 heterocycles. The molecule has 0 aromatic rings. The molecule has 0 radical (unpaired) electrons. The number of hydrogen-bond acceptors (Lipinski definition) is 8. The third kappa shape index (κ3) is 35.6. The van der Waals surface area contributed by atoms with Gasteiger partial charge in [0.05, 0.1) is 40.0 Å². The topological polar surface area (TPSA) is 121 Å². The Hall–Kier alpha value is -2.07. The highest BCUT2D eigenvalue weighted by Gasteiger charge is 2.36. The fourth-order valence-corrected chi connectivity index (χ4v) is 6.84. The summed E-state index contributed by atoms with van der Waals surface area (Å²) in [5, 5.41) is 0. The summed E-state index contributed by atoms with van der Waals surface area (Å²) in [6.45, 7) is 4.29. The zero-order chi connectivity index (χ0) is 41.9. The maximum absolute atomic E-state index is 12.7. The predicted octanol–water partition coefficient (Wildman–Crippen LogP) is 11.7. The summed E-state index contributed by atoms with van der Waals surface area (Å²) in [5.74, 6) is -0.884. The minimum absolute atomic E-state index is 0.0164. The average Bonchev–Trinajstić information content (AvgIpc) is 3.91. The van der Waals surface area contributed by atoms with Crippen LogP contribution in [-0.4, -0.2) is 87.1 Å². The fourth-order valence-electron chi connectivity index (χ4n) is 6.09. The molecule has 3 unspecified atom stereocenters. The van der Waals surface area contributed by atoms with Crippen LogP contribution >= 0.6 is 7.82 Å². The smallest absolute Gasteiger partial charge is 0.462 e. The normalized spacial score (nSPS) is 17.6. The van der Waals surface area contributed by atoms with Crippen LogP contribution in [0.5, 0.6) is 0 Å². The molecule has 11 heteroatoms. The molecule has 0 aromatic carbocycles. The van der Waals surface area contributed by atoms with E-state index in [1.54, 1.807) is 0 Å². The second-order valence-electron chi connectivity index (χ2n) is 16.5. The van der Waals surface area contributed by atoms with Crippen molar-refractivity contribution in [1.82, 2.24) is 0 Å². The summed E-state index contributed by atoms with van der Waals surface area (Å²) in [7, 11) is 1.42. The number of esters is 2. The maximum Gasteiger partial charge on any atom is 0.472 e. The van der Waals surface area contributed by atoms with E-state index in [0.717, 1.165) is 64.2 Å². The molecule has 0 amide bonds. The van der Waals surface area contributed by atoms with Crippen molar-refractivity contribution in [3.05, 3.63) is 48.6 Å². The number of quaternary nitrogens is 1. The lowest BCUT2D eigenvalue weighted by Crippen LogP contribution is -2.37. The van der Waals surface area contributed by atoms with Gasteiger partial charge in [0.15, 0.2) is 6.10 Å². The largest absolute Gasteiger partial charge is 0.472 e. The number of nitrogens with zero attached hydrogens (tertiary/aromatic N) is 1. The summed E-state index contributed by atoms with van der Waals surface area (Å²) in [6, 6.07) is 0. The van der Waals surface area contributed by atoms with Crippen molar-refractivity contribution < 1.29 is 46.8 Å². The number of hydrogen-bond donors (Lipinski definition) is 1. The molecule has 1 aliphatic heterocycles. The van der Waals surface area contributed by atoms with E-state index in [2.05, 4.69) is 62.5 Å². The molecule has 0 aromatic heterocycles. The third-order valence-corrected chi connectivity index (χ3v) is 10.7. The van der Waals surface area contributed by atoms with Crippen LogP contribution in [0.15, 0.2) is 48.6 Å². The zero-order valence-electron chi connectivity index (χ0n) is 36.8. The molecule has 10 nitrogen and oxygen atoms in total. The molecule has 57 heavy (non-hydrogen) atoms. The average molecular weight is 825 g/mol. The molecule has 1 N–H and O–H groups in total. The van der Waals surface area contributed by atoms with E-state index in [0.29, 0.717) is 36.1 Å². The molecule has 4 atom stereocenters. The first kappa shape index (κ1) is 52.9. The molecule has 1 rings (SSSR count). The molecule has 330 valence electrons. The van der Waals surface area contributed by atoms with Gasteiger partial charge in [-0.2, -0.15) is 0 Å². The van der Waals surface area contributed by atoms with E-state index < -0.39 is 32.5 Å². The lowest BCUT2D eigenvalue weighted by Gasteiger charge is -2.24. The number of allylic oxidation sites excluding steroid dienone is 7. The predicted molar refractivity (Wildman–Crippen MR) is 233 cm³/mol. The summed E-state index contributed by atoms with van der Waals surface area (Å²) < 4.78 is 40.0. The van der Waals surface area contributed by atoms with Crippen LogP contribution in [0.3, 0.4) is 0 Å². The van der Waals surface area contributed by atoms with Gasteiger partial charge in [-0.25, -0.2) is 4.57 Å². The monoisotopic (exact) mass is 825 g/mol. The first-order chi connectivity index (χ1) is 27.5. The van der Waals surface area contributed by atoms with Gasteiger partial charge < -0.3 is 23.6 Å². The van der Waals surface area contributed by atoms with Crippen molar-refractivity contribution in [2.75, 3.05) is 47.5 Å². The lowest BCUT2D eigenvalue weighted by molar-refractivity contribution is -0.870. The van der Waals surface area contributed by atoms with E-state index in [1.807, 2.05) is 21.1 Å². The first-order valence-electron chi connectivity index (χ1n) is 22.5. The number of epoxide rings is 1. The quantitative estimate of drug-likeness (QED) is 0.0161. The van der Waals surface area contributed by atoms with Crippen LogP contribution in [0.1, 0.15) is 168 Å². The van der Waals surface area contributed by atoms with Crippen LogP contribution in [0.25, 0.3) is 0 Å². The van der Waals surface area contributed by atoms with Crippen molar-refractivity contribution in [3.63, 3.8) is 0 Å².